The van der Waals surface area contributed by atoms with Crippen molar-refractivity contribution in [1.29, 1.82) is 0 Å². The van der Waals surface area contributed by atoms with E-state index in [1.165, 1.54) is 0 Å². The second-order valence-electron chi connectivity index (χ2n) is 4.62. The third-order valence-corrected chi connectivity index (χ3v) is 3.50. The normalized spacial score (nSPS) is 14.3. The van der Waals surface area contributed by atoms with Crippen molar-refractivity contribution in [2.24, 2.45) is 0 Å². The minimum atomic E-state index is -1.10. The van der Waals surface area contributed by atoms with Gasteiger partial charge in [-0.3, -0.25) is 4.98 Å². The van der Waals surface area contributed by atoms with Crippen LogP contribution in [0.25, 0.3) is 10.7 Å². The fraction of sp³-hybridized carbons (Fsp3) is 0.385. The second-order valence-corrected chi connectivity index (χ2v) is 5.48. The van der Waals surface area contributed by atoms with Gasteiger partial charge in [0.05, 0.1) is 23.6 Å². The molecule has 5 nitrogen and oxygen atoms in total. The predicted molar refractivity (Wildman–Crippen MR) is 74.8 cm³/mol. The Morgan fingerprint density at radius 1 is 1.42 bits per heavy atom. The molecule has 2 aromatic heterocycles. The standard InChI is InChI=1S/C13H17N3O2S/c1-13(18,9-17)8-14-6-10-7-19-12(16-10)11-4-2-3-5-15-11/h2-5,7,14,17-18H,6,8-9H2,1H3. The Kier molecular flexibility index (Phi) is 4.60. The van der Waals surface area contributed by atoms with Gasteiger partial charge in [0, 0.05) is 24.7 Å². The van der Waals surface area contributed by atoms with E-state index < -0.39 is 5.60 Å². The molecule has 0 bridgehead atoms. The molecule has 3 N–H and O–H groups in total. The van der Waals surface area contributed by atoms with Crippen LogP contribution in [0.2, 0.25) is 0 Å². The van der Waals surface area contributed by atoms with Crippen LogP contribution in [0.4, 0.5) is 0 Å². The van der Waals surface area contributed by atoms with Gasteiger partial charge in [0.25, 0.3) is 0 Å². The van der Waals surface area contributed by atoms with Crippen molar-refractivity contribution in [1.82, 2.24) is 15.3 Å². The lowest BCUT2D eigenvalue weighted by Gasteiger charge is -2.20. The minimum absolute atomic E-state index is 0.268. The summed E-state index contributed by atoms with van der Waals surface area (Å²) in [4.78, 5) is 8.72. The summed E-state index contributed by atoms with van der Waals surface area (Å²) in [5.74, 6) is 0. The van der Waals surface area contributed by atoms with Crippen molar-refractivity contribution in [3.05, 3.63) is 35.5 Å². The lowest BCUT2D eigenvalue weighted by Crippen LogP contribution is -2.40. The van der Waals surface area contributed by atoms with E-state index in [0.29, 0.717) is 13.1 Å². The molecule has 0 amide bonds. The number of hydrogen-bond donors (Lipinski definition) is 3. The van der Waals surface area contributed by atoms with E-state index in [1.54, 1.807) is 24.5 Å². The molecule has 0 aliphatic rings. The Morgan fingerprint density at radius 3 is 2.95 bits per heavy atom. The highest BCUT2D eigenvalue weighted by Crippen LogP contribution is 2.21. The molecular formula is C13H17N3O2S. The van der Waals surface area contributed by atoms with Gasteiger partial charge in [0.1, 0.15) is 5.01 Å². The van der Waals surface area contributed by atoms with Crippen LogP contribution in [0.5, 0.6) is 0 Å². The number of hydrogen-bond acceptors (Lipinski definition) is 6. The Hall–Kier alpha value is -1.34. The average Bonchev–Trinajstić information content (AvgIpc) is 2.88. The average molecular weight is 279 g/mol. The third-order valence-electron chi connectivity index (χ3n) is 2.59. The number of thiazole rings is 1. The van der Waals surface area contributed by atoms with Gasteiger partial charge < -0.3 is 15.5 Å². The summed E-state index contributed by atoms with van der Waals surface area (Å²) in [7, 11) is 0. The molecule has 2 aromatic rings. The van der Waals surface area contributed by atoms with Crippen molar-refractivity contribution in [2.75, 3.05) is 13.2 Å². The molecule has 0 aliphatic heterocycles. The van der Waals surface area contributed by atoms with Crippen molar-refractivity contribution >= 4 is 11.3 Å². The Bertz CT molecular complexity index is 514. The Balaban J connectivity index is 1.92. The van der Waals surface area contributed by atoms with Crippen molar-refractivity contribution in [3.63, 3.8) is 0 Å². The van der Waals surface area contributed by atoms with Crippen LogP contribution in [0.1, 0.15) is 12.6 Å². The van der Waals surface area contributed by atoms with Crippen molar-refractivity contribution in [2.45, 2.75) is 19.1 Å². The quantitative estimate of drug-likeness (QED) is 0.736. The molecule has 2 heterocycles. The van der Waals surface area contributed by atoms with E-state index in [9.17, 15) is 5.11 Å². The van der Waals surface area contributed by atoms with Gasteiger partial charge in [-0.25, -0.2) is 4.98 Å². The molecule has 0 radical (unpaired) electrons. The molecule has 19 heavy (non-hydrogen) atoms. The first-order valence-corrected chi connectivity index (χ1v) is 6.88. The molecule has 102 valence electrons. The first kappa shape index (κ1) is 14.1. The van der Waals surface area contributed by atoms with Gasteiger partial charge in [-0.2, -0.15) is 0 Å². The molecule has 0 aliphatic carbocycles. The zero-order valence-electron chi connectivity index (χ0n) is 10.7. The van der Waals surface area contributed by atoms with E-state index in [4.69, 9.17) is 5.11 Å². The first-order chi connectivity index (χ1) is 9.11. The molecule has 0 aromatic carbocycles. The van der Waals surface area contributed by atoms with Crippen LogP contribution < -0.4 is 5.32 Å². The summed E-state index contributed by atoms with van der Waals surface area (Å²) in [6, 6.07) is 5.73. The monoisotopic (exact) mass is 279 g/mol. The molecule has 2 rings (SSSR count). The zero-order chi connectivity index (χ0) is 13.7. The molecule has 6 heteroatoms. The Morgan fingerprint density at radius 2 is 2.26 bits per heavy atom. The molecule has 0 fully saturated rings. The highest BCUT2D eigenvalue weighted by atomic mass is 32.1. The van der Waals surface area contributed by atoms with E-state index in [-0.39, 0.29) is 6.61 Å². The highest BCUT2D eigenvalue weighted by molar-refractivity contribution is 7.13. The Labute approximate surface area is 116 Å². The van der Waals surface area contributed by atoms with Gasteiger partial charge in [-0.05, 0) is 19.1 Å². The van der Waals surface area contributed by atoms with E-state index >= 15 is 0 Å². The largest absolute Gasteiger partial charge is 0.393 e. The zero-order valence-corrected chi connectivity index (χ0v) is 11.5. The molecule has 0 saturated carbocycles. The van der Waals surface area contributed by atoms with E-state index in [1.807, 2.05) is 23.6 Å². The predicted octanol–water partition coefficient (Wildman–Crippen LogP) is 1.04. The summed E-state index contributed by atoms with van der Waals surface area (Å²) < 4.78 is 0. The van der Waals surface area contributed by atoms with Crippen LogP contribution in [0, 0.1) is 0 Å². The maximum Gasteiger partial charge on any atom is 0.142 e. The van der Waals surface area contributed by atoms with Gasteiger partial charge in [0.2, 0.25) is 0 Å². The summed E-state index contributed by atoms with van der Waals surface area (Å²) in [5.41, 5.74) is 0.667. The number of nitrogens with one attached hydrogen (secondary N) is 1. The molecule has 1 unspecified atom stereocenters. The van der Waals surface area contributed by atoms with Crippen LogP contribution in [-0.2, 0) is 6.54 Å². The molecule has 0 spiro atoms. The summed E-state index contributed by atoms with van der Waals surface area (Å²) >= 11 is 1.54. The van der Waals surface area contributed by atoms with Crippen LogP contribution in [-0.4, -0.2) is 38.9 Å². The number of pyridine rings is 1. The van der Waals surface area contributed by atoms with Crippen LogP contribution in [0.3, 0.4) is 0 Å². The number of aliphatic hydroxyl groups is 2. The second kappa shape index (κ2) is 6.21. The van der Waals surface area contributed by atoms with Gasteiger partial charge in [-0.15, -0.1) is 11.3 Å². The van der Waals surface area contributed by atoms with Gasteiger partial charge in [-0.1, -0.05) is 6.07 Å². The summed E-state index contributed by atoms with van der Waals surface area (Å²) in [6.07, 6.45) is 1.74. The number of rotatable bonds is 6. The summed E-state index contributed by atoms with van der Waals surface area (Å²) in [5, 5.41) is 24.5. The summed E-state index contributed by atoms with van der Waals surface area (Å²) in [6.45, 7) is 2.19. The lowest BCUT2D eigenvalue weighted by molar-refractivity contribution is 0.00249. The molecule has 0 saturated heterocycles. The topological polar surface area (TPSA) is 78.3 Å². The van der Waals surface area contributed by atoms with Crippen molar-refractivity contribution in [3.8, 4) is 10.7 Å². The number of aromatic nitrogens is 2. The molecular weight excluding hydrogens is 262 g/mol. The number of aliphatic hydroxyl groups excluding tert-OH is 1. The van der Waals surface area contributed by atoms with Gasteiger partial charge in [0.15, 0.2) is 0 Å². The lowest BCUT2D eigenvalue weighted by atomic mass is 10.1. The third kappa shape index (κ3) is 4.07. The smallest absolute Gasteiger partial charge is 0.142 e. The fourth-order valence-electron chi connectivity index (χ4n) is 1.51. The first-order valence-electron chi connectivity index (χ1n) is 6.00. The number of nitrogens with zero attached hydrogens (tertiary/aromatic N) is 2. The van der Waals surface area contributed by atoms with Crippen LogP contribution >= 0.6 is 11.3 Å². The fourth-order valence-corrected chi connectivity index (χ4v) is 2.31. The van der Waals surface area contributed by atoms with Crippen molar-refractivity contribution < 1.29 is 10.2 Å². The maximum absolute atomic E-state index is 9.64. The van der Waals surface area contributed by atoms with E-state index in [2.05, 4.69) is 15.3 Å². The SMILES string of the molecule is CC(O)(CO)CNCc1csc(-c2ccccn2)n1. The van der Waals surface area contributed by atoms with Crippen LogP contribution in [0.15, 0.2) is 29.8 Å². The molecule has 1 atom stereocenters. The van der Waals surface area contributed by atoms with Gasteiger partial charge >= 0.3 is 0 Å². The minimum Gasteiger partial charge on any atom is -0.393 e. The van der Waals surface area contributed by atoms with E-state index in [0.717, 1.165) is 16.4 Å². The highest BCUT2D eigenvalue weighted by Gasteiger charge is 2.18. The maximum atomic E-state index is 9.64.